The van der Waals surface area contributed by atoms with Crippen molar-refractivity contribution in [3.63, 3.8) is 0 Å². The van der Waals surface area contributed by atoms with Crippen LogP contribution >= 0.6 is 25.4 Å². The standard InChI is InChI=1S/C26H36FN3OS.C2H6.CH4S/c1-8-21(12-19(2)27)24(23-15-28-18-30(23)32)29-17-26(5,6)16-25(3,4)14-20-10-9-11-22(13-20)31-7;2*1-2/h8-13,15,18,24,29,32H,1-2,14,16-17H2,3-7H3;1-2H3;2H,1H3/b21-12+;;. The molecule has 0 saturated heterocycles. The van der Waals surface area contributed by atoms with Gasteiger partial charge in [-0.1, -0.05) is 85.7 Å². The number of nitrogens with one attached hydrogen (secondary N) is 1. The first-order valence-corrected chi connectivity index (χ1v) is 13.5. The lowest BCUT2D eigenvalue weighted by molar-refractivity contribution is 0.185. The fourth-order valence-electron chi connectivity index (χ4n) is 4.47. The second-order valence-corrected chi connectivity index (χ2v) is 10.2. The molecule has 0 radical (unpaired) electrons. The van der Waals surface area contributed by atoms with Crippen molar-refractivity contribution in [2.75, 3.05) is 19.9 Å². The molecule has 0 aliphatic rings. The minimum Gasteiger partial charge on any atom is -0.497 e. The summed E-state index contributed by atoms with van der Waals surface area (Å²) in [6.45, 7) is 21.0. The molecule has 4 nitrogen and oxygen atoms in total. The van der Waals surface area contributed by atoms with Gasteiger partial charge in [0.25, 0.3) is 0 Å². The molecule has 7 heteroatoms. The smallest absolute Gasteiger partial charge is 0.119 e. The zero-order valence-electron chi connectivity index (χ0n) is 23.3. The Morgan fingerprint density at radius 2 is 1.86 bits per heavy atom. The van der Waals surface area contributed by atoms with Gasteiger partial charge in [0.15, 0.2) is 0 Å². The first-order chi connectivity index (χ1) is 17.0. The van der Waals surface area contributed by atoms with Crippen molar-refractivity contribution >= 4 is 25.4 Å². The number of allylic oxidation sites excluding steroid dienone is 2. The van der Waals surface area contributed by atoms with Crippen LogP contribution in [0.3, 0.4) is 0 Å². The maximum atomic E-state index is 13.6. The molecule has 0 amide bonds. The Morgan fingerprint density at radius 3 is 2.36 bits per heavy atom. The molecule has 1 heterocycles. The van der Waals surface area contributed by atoms with Crippen molar-refractivity contribution in [3.05, 3.63) is 84.8 Å². The molecule has 1 unspecified atom stereocenters. The number of imidazole rings is 1. The van der Waals surface area contributed by atoms with Crippen molar-refractivity contribution in [2.24, 2.45) is 10.8 Å². The summed E-state index contributed by atoms with van der Waals surface area (Å²) >= 11 is 7.97. The molecule has 36 heavy (non-hydrogen) atoms. The average Bonchev–Trinajstić information content (AvgIpc) is 3.25. The Hall–Kier alpha value is -1.96. The van der Waals surface area contributed by atoms with Gasteiger partial charge in [-0.3, -0.25) is 3.97 Å². The molecule has 202 valence electrons. The number of hydrogen-bond donors (Lipinski definition) is 3. The largest absolute Gasteiger partial charge is 0.497 e. The van der Waals surface area contributed by atoms with Gasteiger partial charge in [0.05, 0.1) is 25.0 Å². The maximum absolute atomic E-state index is 13.6. The number of aromatic nitrogens is 2. The third-order valence-corrected chi connectivity index (χ3v) is 5.73. The normalized spacial score (nSPS) is 12.5. The number of rotatable bonds is 12. The predicted molar refractivity (Wildman–Crippen MR) is 161 cm³/mol. The van der Waals surface area contributed by atoms with Gasteiger partial charge < -0.3 is 10.1 Å². The number of benzene rings is 1. The molecule has 0 fully saturated rings. The van der Waals surface area contributed by atoms with Gasteiger partial charge in [-0.2, -0.15) is 12.6 Å². The fraction of sp³-hybridized carbons (Fsp3) is 0.483. The van der Waals surface area contributed by atoms with Crippen molar-refractivity contribution in [1.82, 2.24) is 14.3 Å². The zero-order chi connectivity index (χ0) is 27.9. The Bertz CT molecular complexity index is 967. The van der Waals surface area contributed by atoms with Crippen LogP contribution in [-0.2, 0) is 6.42 Å². The van der Waals surface area contributed by atoms with Gasteiger partial charge >= 0.3 is 0 Å². The predicted octanol–water partition coefficient (Wildman–Crippen LogP) is 8.07. The first-order valence-electron chi connectivity index (χ1n) is 12.2. The summed E-state index contributed by atoms with van der Waals surface area (Å²) in [5.41, 5.74) is 2.80. The minimum absolute atomic E-state index is 0.0267. The number of nitrogens with zero attached hydrogens (tertiary/aromatic N) is 2. The van der Waals surface area contributed by atoms with Crippen LogP contribution < -0.4 is 10.1 Å². The molecule has 0 aliphatic heterocycles. The third kappa shape index (κ3) is 11.8. The Labute approximate surface area is 230 Å². The Balaban J connectivity index is 0.00000291. The van der Waals surface area contributed by atoms with Crippen LogP contribution in [0.25, 0.3) is 0 Å². The monoisotopic (exact) mass is 535 g/mol. The Kier molecular flexibility index (Phi) is 15.8. The molecule has 0 saturated carbocycles. The van der Waals surface area contributed by atoms with E-state index in [0.717, 1.165) is 24.3 Å². The summed E-state index contributed by atoms with van der Waals surface area (Å²) in [6.07, 6.45) is 10.00. The van der Waals surface area contributed by atoms with Gasteiger partial charge in [-0.05, 0) is 59.3 Å². The summed E-state index contributed by atoms with van der Waals surface area (Å²) in [5.74, 6) is 0.360. The summed E-state index contributed by atoms with van der Waals surface area (Å²) in [4.78, 5) is 4.16. The van der Waals surface area contributed by atoms with E-state index >= 15 is 0 Å². The van der Waals surface area contributed by atoms with E-state index in [1.807, 2.05) is 26.0 Å². The quantitative estimate of drug-likeness (QED) is 0.190. The van der Waals surface area contributed by atoms with Crippen LogP contribution in [0.15, 0.2) is 73.5 Å². The third-order valence-electron chi connectivity index (χ3n) is 5.39. The van der Waals surface area contributed by atoms with Gasteiger partial charge in [0.1, 0.15) is 17.9 Å². The topological polar surface area (TPSA) is 39.1 Å². The van der Waals surface area contributed by atoms with Gasteiger partial charge in [0.2, 0.25) is 0 Å². The number of methoxy groups -OCH3 is 1. The van der Waals surface area contributed by atoms with E-state index in [2.05, 4.69) is 88.7 Å². The van der Waals surface area contributed by atoms with E-state index in [1.165, 1.54) is 11.6 Å². The molecule has 2 aromatic rings. The average molecular weight is 536 g/mol. The highest BCUT2D eigenvalue weighted by Crippen LogP contribution is 2.37. The fourth-order valence-corrected chi connectivity index (χ4v) is 4.70. The van der Waals surface area contributed by atoms with Gasteiger partial charge in [-0.15, -0.1) is 0 Å². The molecular formula is C29H46FN3OS2. The number of hydrogen-bond acceptors (Lipinski definition) is 5. The lowest BCUT2D eigenvalue weighted by atomic mass is 9.72. The minimum atomic E-state index is -0.518. The molecule has 1 N–H and O–H groups in total. The molecular weight excluding hydrogens is 489 g/mol. The molecule has 0 spiro atoms. The van der Waals surface area contributed by atoms with E-state index in [-0.39, 0.29) is 16.9 Å². The van der Waals surface area contributed by atoms with Gasteiger partial charge in [0, 0.05) is 6.54 Å². The second-order valence-electron chi connectivity index (χ2n) is 9.81. The SMILES string of the molecule is C=C/C(=C\C(=C)F)C(NCC(C)(C)CC(C)(C)Cc1cccc(OC)c1)c1cncn1S.CC.CS. The second kappa shape index (κ2) is 16.7. The first kappa shape index (κ1) is 34.0. The summed E-state index contributed by atoms with van der Waals surface area (Å²) < 4.78 is 20.6. The van der Waals surface area contributed by atoms with Gasteiger partial charge in [-0.25, -0.2) is 9.37 Å². The highest BCUT2D eigenvalue weighted by atomic mass is 32.1. The molecule has 2 rings (SSSR count). The molecule has 1 atom stereocenters. The van der Waals surface area contributed by atoms with E-state index in [0.29, 0.717) is 12.1 Å². The van der Waals surface area contributed by atoms with E-state index in [1.54, 1.807) is 35.9 Å². The van der Waals surface area contributed by atoms with Crippen LogP contribution in [0.2, 0.25) is 0 Å². The highest BCUT2D eigenvalue weighted by Gasteiger charge is 2.30. The number of halogens is 1. The molecule has 0 aliphatic carbocycles. The lowest BCUT2D eigenvalue weighted by Crippen LogP contribution is -2.37. The van der Waals surface area contributed by atoms with E-state index in [4.69, 9.17) is 4.74 Å². The van der Waals surface area contributed by atoms with E-state index in [9.17, 15) is 4.39 Å². The highest BCUT2D eigenvalue weighted by molar-refractivity contribution is 7.79. The zero-order valence-corrected chi connectivity index (χ0v) is 25.1. The van der Waals surface area contributed by atoms with Crippen molar-refractivity contribution < 1.29 is 9.13 Å². The summed E-state index contributed by atoms with van der Waals surface area (Å²) in [7, 11) is 1.69. The molecule has 0 bridgehead atoms. The van der Waals surface area contributed by atoms with Crippen LogP contribution in [0.5, 0.6) is 5.75 Å². The van der Waals surface area contributed by atoms with Crippen LogP contribution in [0.4, 0.5) is 4.39 Å². The molecule has 1 aromatic heterocycles. The number of ether oxygens (including phenoxy) is 1. The van der Waals surface area contributed by atoms with Crippen molar-refractivity contribution in [2.45, 2.75) is 60.4 Å². The van der Waals surface area contributed by atoms with E-state index < -0.39 is 5.83 Å². The maximum Gasteiger partial charge on any atom is 0.119 e. The lowest BCUT2D eigenvalue weighted by Gasteiger charge is -2.36. The van der Waals surface area contributed by atoms with Crippen molar-refractivity contribution in [3.8, 4) is 5.75 Å². The van der Waals surface area contributed by atoms with Crippen molar-refractivity contribution in [1.29, 1.82) is 0 Å². The van der Waals surface area contributed by atoms with Crippen LogP contribution in [0.1, 0.15) is 65.3 Å². The molecule has 1 aromatic carbocycles. The summed E-state index contributed by atoms with van der Waals surface area (Å²) in [6, 6.07) is 7.93. The Morgan fingerprint density at radius 1 is 1.22 bits per heavy atom. The number of thiol groups is 2. The summed E-state index contributed by atoms with van der Waals surface area (Å²) in [5, 5.41) is 3.59. The van der Waals surface area contributed by atoms with Crippen LogP contribution in [0, 0.1) is 10.8 Å². The van der Waals surface area contributed by atoms with Crippen LogP contribution in [-0.4, -0.2) is 28.9 Å².